The summed E-state index contributed by atoms with van der Waals surface area (Å²) < 4.78 is 6.18. The Morgan fingerprint density at radius 3 is 2.40 bits per heavy atom. The summed E-state index contributed by atoms with van der Waals surface area (Å²) in [5.74, 6) is 1.65. The number of hydrogen-bond acceptors (Lipinski definition) is 6. The van der Waals surface area contributed by atoms with Gasteiger partial charge in [0.2, 0.25) is 5.91 Å². The highest BCUT2D eigenvalue weighted by atomic mass is 16.3. The third kappa shape index (κ3) is 5.30. The van der Waals surface area contributed by atoms with E-state index in [1.165, 1.54) is 5.56 Å². The molecule has 3 aromatic rings. The summed E-state index contributed by atoms with van der Waals surface area (Å²) in [5.41, 5.74) is 4.59. The predicted molar refractivity (Wildman–Crippen MR) is 157 cm³/mol. The summed E-state index contributed by atoms with van der Waals surface area (Å²) >= 11 is 0. The number of furan rings is 1. The number of carbonyl (C=O) groups excluding carboxylic acids is 2. The fourth-order valence-corrected chi connectivity index (χ4v) is 6.37. The van der Waals surface area contributed by atoms with Crippen LogP contribution in [0.3, 0.4) is 0 Å². The molecule has 3 aliphatic rings. The molecule has 7 heteroatoms. The Labute approximate surface area is 236 Å². The molecule has 1 aromatic heterocycles. The molecular formula is C33H38N4O3. The van der Waals surface area contributed by atoms with Crippen molar-refractivity contribution in [2.24, 2.45) is 5.41 Å². The van der Waals surface area contributed by atoms with Crippen molar-refractivity contribution in [3.05, 3.63) is 95.1 Å². The monoisotopic (exact) mass is 538 g/mol. The van der Waals surface area contributed by atoms with Gasteiger partial charge in [0.1, 0.15) is 17.6 Å². The first kappa shape index (κ1) is 26.4. The van der Waals surface area contributed by atoms with Gasteiger partial charge in [0.05, 0.1) is 17.9 Å². The summed E-state index contributed by atoms with van der Waals surface area (Å²) in [4.78, 5) is 34.1. The number of allylic oxidation sites excluding steroid dienone is 1. The second-order valence-corrected chi connectivity index (χ2v) is 12.1. The van der Waals surface area contributed by atoms with E-state index >= 15 is 0 Å². The number of anilines is 2. The summed E-state index contributed by atoms with van der Waals surface area (Å²) in [5, 5.41) is 3.61. The zero-order valence-corrected chi connectivity index (χ0v) is 23.7. The zero-order chi connectivity index (χ0) is 27.9. The van der Waals surface area contributed by atoms with E-state index in [9.17, 15) is 9.59 Å². The first-order chi connectivity index (χ1) is 19.3. The van der Waals surface area contributed by atoms with Gasteiger partial charge in [-0.05, 0) is 48.6 Å². The molecule has 208 valence electrons. The molecule has 0 saturated carbocycles. The van der Waals surface area contributed by atoms with Crippen molar-refractivity contribution in [1.29, 1.82) is 0 Å². The number of Topliss-reactive ketones (excluding diaryl/α,β-unsaturated/α-hetero) is 1. The van der Waals surface area contributed by atoms with Crippen LogP contribution < -0.4 is 10.2 Å². The zero-order valence-electron chi connectivity index (χ0n) is 23.7. The fraction of sp³-hybridized carbons (Fsp3) is 0.394. The van der Waals surface area contributed by atoms with Crippen molar-refractivity contribution >= 4 is 23.1 Å². The summed E-state index contributed by atoms with van der Waals surface area (Å²) in [6.45, 7) is 10.3. The second-order valence-electron chi connectivity index (χ2n) is 12.1. The maximum Gasteiger partial charge on any atom is 0.242 e. The van der Waals surface area contributed by atoms with Crippen molar-refractivity contribution in [2.75, 3.05) is 42.9 Å². The number of amides is 1. The molecule has 1 N–H and O–H groups in total. The third-order valence-electron chi connectivity index (χ3n) is 8.31. The van der Waals surface area contributed by atoms with Gasteiger partial charge in [0, 0.05) is 50.4 Å². The normalized spacial score (nSPS) is 21.0. The van der Waals surface area contributed by atoms with Crippen LogP contribution in [0.15, 0.2) is 82.4 Å². The van der Waals surface area contributed by atoms with Gasteiger partial charge in [-0.15, -0.1) is 0 Å². The maximum atomic E-state index is 13.9. The van der Waals surface area contributed by atoms with Gasteiger partial charge in [-0.3, -0.25) is 14.5 Å². The van der Waals surface area contributed by atoms with Crippen molar-refractivity contribution in [3.63, 3.8) is 0 Å². The van der Waals surface area contributed by atoms with E-state index in [1.807, 2.05) is 54.3 Å². The molecule has 1 unspecified atom stereocenters. The molecule has 7 nitrogen and oxygen atoms in total. The summed E-state index contributed by atoms with van der Waals surface area (Å²) in [6.07, 6.45) is 1.22. The second kappa shape index (κ2) is 10.6. The molecule has 2 aromatic carbocycles. The lowest BCUT2D eigenvalue weighted by atomic mass is 9.74. The van der Waals surface area contributed by atoms with E-state index < -0.39 is 6.04 Å². The number of nitrogens with zero attached hydrogens (tertiary/aromatic N) is 3. The van der Waals surface area contributed by atoms with Gasteiger partial charge >= 0.3 is 0 Å². The SMILES string of the molecule is Cc1ccc(C2C3=C(CC(C)(C)CC3=O)Nc3ccccc3N2CC(=O)N2CCN(Cc3ccccc3)CC2)o1. The van der Waals surface area contributed by atoms with Crippen molar-refractivity contribution in [2.45, 2.75) is 46.2 Å². The largest absolute Gasteiger partial charge is 0.464 e. The number of fused-ring (bicyclic) bond motifs is 1. The number of benzene rings is 2. The van der Waals surface area contributed by atoms with Crippen LogP contribution in [0.2, 0.25) is 0 Å². The first-order valence-electron chi connectivity index (χ1n) is 14.3. The number of rotatable bonds is 5. The fourth-order valence-electron chi connectivity index (χ4n) is 6.37. The molecule has 1 saturated heterocycles. The smallest absolute Gasteiger partial charge is 0.242 e. The van der Waals surface area contributed by atoms with Gasteiger partial charge in [-0.2, -0.15) is 0 Å². The Bertz CT molecular complexity index is 1430. The standard InChI is InChI=1S/C33H38N4O3/c1-23-13-14-29(40-23)32-31-26(19-33(2,3)20-28(31)38)34-25-11-7-8-12-27(25)37(32)22-30(39)36-17-15-35(16-18-36)21-24-9-5-4-6-10-24/h4-14,32,34H,15-22H2,1-3H3. The number of para-hydroxylation sites is 2. The molecule has 1 amide bonds. The van der Waals surface area contributed by atoms with Crippen molar-refractivity contribution < 1.29 is 14.0 Å². The van der Waals surface area contributed by atoms with Crippen molar-refractivity contribution in [3.8, 4) is 0 Å². The molecule has 0 spiro atoms. The molecule has 3 heterocycles. The van der Waals surface area contributed by atoms with Gasteiger partial charge in [0.15, 0.2) is 5.78 Å². The highest BCUT2D eigenvalue weighted by Gasteiger charge is 2.43. The van der Waals surface area contributed by atoms with Crippen LogP contribution in [0.5, 0.6) is 0 Å². The minimum Gasteiger partial charge on any atom is -0.464 e. The van der Waals surface area contributed by atoms with E-state index in [2.05, 4.69) is 53.2 Å². The number of piperazine rings is 1. The summed E-state index contributed by atoms with van der Waals surface area (Å²) in [6, 6.07) is 21.9. The molecule has 2 aliphatic heterocycles. The quantitative estimate of drug-likeness (QED) is 0.460. The molecule has 1 fully saturated rings. The Morgan fingerprint density at radius 2 is 1.68 bits per heavy atom. The van der Waals surface area contributed by atoms with Gasteiger partial charge < -0.3 is 19.5 Å². The minimum absolute atomic E-state index is 0.0649. The average Bonchev–Trinajstić information content (AvgIpc) is 3.30. The van der Waals surface area contributed by atoms with Gasteiger partial charge in [-0.25, -0.2) is 0 Å². The molecule has 1 aliphatic carbocycles. The number of nitrogens with one attached hydrogen (secondary N) is 1. The lowest BCUT2D eigenvalue weighted by Crippen LogP contribution is -2.51. The van der Waals surface area contributed by atoms with Gasteiger partial charge in [0.25, 0.3) is 0 Å². The Kier molecular flexibility index (Phi) is 7.00. The predicted octanol–water partition coefficient (Wildman–Crippen LogP) is 5.55. The number of ketones is 1. The maximum absolute atomic E-state index is 13.9. The van der Waals surface area contributed by atoms with Crippen LogP contribution in [0.25, 0.3) is 0 Å². The number of aryl methyl sites for hydroxylation is 1. The van der Waals surface area contributed by atoms with Crippen molar-refractivity contribution in [1.82, 2.24) is 9.80 Å². The van der Waals surface area contributed by atoms with E-state index in [0.717, 1.165) is 48.9 Å². The van der Waals surface area contributed by atoms with E-state index in [-0.39, 0.29) is 23.7 Å². The molecule has 0 radical (unpaired) electrons. The molecular weight excluding hydrogens is 500 g/mol. The number of carbonyl (C=O) groups is 2. The van der Waals surface area contributed by atoms with Crippen LogP contribution >= 0.6 is 0 Å². The Balaban J connectivity index is 1.30. The van der Waals surface area contributed by atoms with E-state index in [4.69, 9.17) is 4.42 Å². The van der Waals surface area contributed by atoms with Crippen LogP contribution in [0.4, 0.5) is 11.4 Å². The van der Waals surface area contributed by atoms with Crippen LogP contribution in [0.1, 0.15) is 49.8 Å². The van der Waals surface area contributed by atoms with Gasteiger partial charge in [-0.1, -0.05) is 56.3 Å². The Hall–Kier alpha value is -3.84. The number of hydrogen-bond donors (Lipinski definition) is 1. The topological polar surface area (TPSA) is 69.0 Å². The molecule has 6 rings (SSSR count). The highest BCUT2D eigenvalue weighted by molar-refractivity contribution is 6.01. The Morgan fingerprint density at radius 1 is 0.950 bits per heavy atom. The molecule has 0 bridgehead atoms. The average molecular weight is 539 g/mol. The molecule has 1 atom stereocenters. The molecule has 40 heavy (non-hydrogen) atoms. The van der Waals surface area contributed by atoms with Crippen LogP contribution in [-0.2, 0) is 16.1 Å². The summed E-state index contributed by atoms with van der Waals surface area (Å²) in [7, 11) is 0. The van der Waals surface area contributed by atoms with Crippen LogP contribution in [-0.4, -0.2) is 54.2 Å². The lowest BCUT2D eigenvalue weighted by molar-refractivity contribution is -0.131. The first-order valence-corrected chi connectivity index (χ1v) is 14.3. The third-order valence-corrected chi connectivity index (χ3v) is 8.31. The van der Waals surface area contributed by atoms with Crippen LogP contribution in [0, 0.1) is 12.3 Å². The lowest BCUT2D eigenvalue weighted by Gasteiger charge is -2.39. The van der Waals surface area contributed by atoms with E-state index in [1.54, 1.807) is 0 Å². The highest BCUT2D eigenvalue weighted by Crippen LogP contribution is 2.48. The minimum atomic E-state index is -0.480. The van der Waals surface area contributed by atoms with E-state index in [0.29, 0.717) is 30.8 Å².